The lowest BCUT2D eigenvalue weighted by atomic mass is 9.59. The largest absolute Gasteiger partial charge is 0.493 e. The molecule has 5 heteroatoms. The third kappa shape index (κ3) is 3.77. The first-order valence-corrected chi connectivity index (χ1v) is 10.8. The first kappa shape index (κ1) is 20.3. The summed E-state index contributed by atoms with van der Waals surface area (Å²) in [6, 6.07) is 5.90. The van der Waals surface area contributed by atoms with E-state index in [1.54, 1.807) is 19.8 Å². The number of methoxy groups -OCH3 is 2. The Morgan fingerprint density at radius 3 is 2.79 bits per heavy atom. The Kier molecular flexibility index (Phi) is 5.60. The van der Waals surface area contributed by atoms with Crippen LogP contribution in [0.5, 0.6) is 11.5 Å². The van der Waals surface area contributed by atoms with Gasteiger partial charge in [-0.25, -0.2) is 0 Å². The van der Waals surface area contributed by atoms with Crippen molar-refractivity contribution in [2.24, 2.45) is 23.2 Å². The van der Waals surface area contributed by atoms with Gasteiger partial charge in [0, 0.05) is 19.0 Å². The van der Waals surface area contributed by atoms with Crippen molar-refractivity contribution in [3.8, 4) is 11.5 Å². The summed E-state index contributed by atoms with van der Waals surface area (Å²) in [6.07, 6.45) is 7.17. The number of hydrogen-bond acceptors (Lipinski definition) is 5. The number of nitrogens with one attached hydrogen (secondary N) is 1. The molecule has 3 aliphatic rings. The summed E-state index contributed by atoms with van der Waals surface area (Å²) in [5, 5.41) is 3.46. The predicted octanol–water partition coefficient (Wildman–Crippen LogP) is 4.11. The van der Waals surface area contributed by atoms with Gasteiger partial charge in [0.05, 0.1) is 20.1 Å². The van der Waals surface area contributed by atoms with Gasteiger partial charge in [-0.2, -0.15) is 0 Å². The Bertz CT molecular complexity index is 804. The second-order valence-corrected chi connectivity index (χ2v) is 9.16. The Morgan fingerprint density at radius 2 is 2.03 bits per heavy atom. The standard InChI is InChI=1S/C24H33NO4/c1-15-6-5-9-24(2)12-22-17(11-19(15)24)18(23(26)29-22)14-25-13-16-7-8-20(27-3)21(10-16)28-4/h7-8,10-11,15,17-18,22,25H,5-6,9,12-14H2,1-4H3/t15-,17+,18?,22+,24+/m0/s1. The molecule has 0 radical (unpaired) electrons. The minimum Gasteiger partial charge on any atom is -0.493 e. The molecule has 1 unspecified atom stereocenters. The van der Waals surface area contributed by atoms with Crippen molar-refractivity contribution in [3.05, 3.63) is 35.4 Å². The van der Waals surface area contributed by atoms with Crippen molar-refractivity contribution >= 4 is 5.97 Å². The van der Waals surface area contributed by atoms with Gasteiger partial charge < -0.3 is 19.5 Å². The van der Waals surface area contributed by atoms with Crippen molar-refractivity contribution in [2.45, 2.75) is 52.2 Å². The second kappa shape index (κ2) is 8.02. The van der Waals surface area contributed by atoms with E-state index in [0.717, 1.165) is 23.5 Å². The van der Waals surface area contributed by atoms with E-state index >= 15 is 0 Å². The number of benzene rings is 1. The topological polar surface area (TPSA) is 56.8 Å². The van der Waals surface area contributed by atoms with Gasteiger partial charge in [-0.15, -0.1) is 0 Å². The summed E-state index contributed by atoms with van der Waals surface area (Å²) in [5.41, 5.74) is 2.87. The summed E-state index contributed by atoms with van der Waals surface area (Å²) in [6.45, 7) is 6.00. The van der Waals surface area contributed by atoms with E-state index in [1.807, 2.05) is 18.2 Å². The van der Waals surface area contributed by atoms with E-state index in [-0.39, 0.29) is 29.3 Å². The summed E-state index contributed by atoms with van der Waals surface area (Å²) < 4.78 is 16.5. The van der Waals surface area contributed by atoms with E-state index in [9.17, 15) is 4.79 Å². The quantitative estimate of drug-likeness (QED) is 0.576. The fourth-order valence-corrected chi connectivity index (χ4v) is 5.64. The number of carbonyl (C=O) groups excluding carboxylic acids is 1. The molecule has 29 heavy (non-hydrogen) atoms. The van der Waals surface area contributed by atoms with Gasteiger partial charge >= 0.3 is 5.97 Å². The van der Waals surface area contributed by atoms with E-state index < -0.39 is 0 Å². The molecule has 5 atom stereocenters. The monoisotopic (exact) mass is 399 g/mol. The fourth-order valence-electron chi connectivity index (χ4n) is 5.64. The summed E-state index contributed by atoms with van der Waals surface area (Å²) >= 11 is 0. The van der Waals surface area contributed by atoms with Gasteiger partial charge in [0.1, 0.15) is 6.10 Å². The minimum atomic E-state index is -0.105. The predicted molar refractivity (Wildman–Crippen MR) is 112 cm³/mol. The normalized spacial score (nSPS) is 33.4. The zero-order chi connectivity index (χ0) is 20.6. The molecule has 0 amide bonds. The average molecular weight is 400 g/mol. The molecule has 158 valence electrons. The highest BCUT2D eigenvalue weighted by molar-refractivity contribution is 5.76. The zero-order valence-electron chi connectivity index (χ0n) is 18.0. The average Bonchev–Trinajstić information content (AvgIpc) is 3.00. The first-order valence-electron chi connectivity index (χ1n) is 10.8. The maximum atomic E-state index is 12.6. The molecular formula is C24H33NO4. The van der Waals surface area contributed by atoms with Gasteiger partial charge in [0.25, 0.3) is 0 Å². The molecule has 1 N–H and O–H groups in total. The lowest BCUT2D eigenvalue weighted by molar-refractivity contribution is -0.145. The van der Waals surface area contributed by atoms with Crippen LogP contribution in [0.2, 0.25) is 0 Å². The smallest absolute Gasteiger partial charge is 0.311 e. The highest BCUT2D eigenvalue weighted by Crippen LogP contribution is 2.53. The third-order valence-electron chi connectivity index (χ3n) is 7.22. The molecule has 0 bridgehead atoms. The van der Waals surface area contributed by atoms with E-state index in [1.165, 1.54) is 19.3 Å². The number of hydrogen-bond donors (Lipinski definition) is 1. The fraction of sp³-hybridized carbons (Fsp3) is 0.625. The Hall–Kier alpha value is -2.01. The second-order valence-electron chi connectivity index (χ2n) is 9.16. The molecule has 2 aliphatic carbocycles. The molecule has 1 aliphatic heterocycles. The molecule has 2 fully saturated rings. The Balaban J connectivity index is 1.44. The van der Waals surface area contributed by atoms with Gasteiger partial charge in [-0.3, -0.25) is 4.79 Å². The molecule has 1 aromatic rings. The van der Waals surface area contributed by atoms with Crippen molar-refractivity contribution in [3.63, 3.8) is 0 Å². The van der Waals surface area contributed by atoms with Gasteiger partial charge in [-0.05, 0) is 48.3 Å². The van der Waals surface area contributed by atoms with Crippen LogP contribution in [0.4, 0.5) is 0 Å². The first-order chi connectivity index (χ1) is 13.9. The maximum Gasteiger partial charge on any atom is 0.311 e. The van der Waals surface area contributed by atoms with Crippen LogP contribution >= 0.6 is 0 Å². The molecule has 0 aromatic heterocycles. The van der Waals surface area contributed by atoms with E-state index in [4.69, 9.17) is 14.2 Å². The molecule has 0 spiro atoms. The lowest BCUT2D eigenvalue weighted by Gasteiger charge is -2.46. The molecule has 5 nitrogen and oxygen atoms in total. The van der Waals surface area contributed by atoms with Crippen LogP contribution in [-0.2, 0) is 16.1 Å². The van der Waals surface area contributed by atoms with Crippen molar-refractivity contribution < 1.29 is 19.0 Å². The number of allylic oxidation sites excluding steroid dienone is 1. The van der Waals surface area contributed by atoms with Crippen LogP contribution < -0.4 is 14.8 Å². The molecule has 1 saturated carbocycles. The van der Waals surface area contributed by atoms with E-state index in [0.29, 0.717) is 19.0 Å². The maximum absolute atomic E-state index is 12.6. The highest BCUT2D eigenvalue weighted by atomic mass is 16.6. The van der Waals surface area contributed by atoms with Crippen LogP contribution in [0, 0.1) is 23.2 Å². The third-order valence-corrected chi connectivity index (χ3v) is 7.22. The van der Waals surface area contributed by atoms with Crippen molar-refractivity contribution in [1.82, 2.24) is 5.32 Å². The molecular weight excluding hydrogens is 366 g/mol. The number of rotatable bonds is 6. The van der Waals surface area contributed by atoms with Gasteiger partial charge in [0.2, 0.25) is 0 Å². The summed E-state index contributed by atoms with van der Waals surface area (Å²) in [5.74, 6) is 2.10. The van der Waals surface area contributed by atoms with Gasteiger partial charge in [0.15, 0.2) is 11.5 Å². The summed E-state index contributed by atoms with van der Waals surface area (Å²) in [4.78, 5) is 12.6. The molecule has 1 aromatic carbocycles. The number of ether oxygens (including phenoxy) is 3. The Labute approximate surface area is 173 Å². The van der Waals surface area contributed by atoms with Crippen molar-refractivity contribution in [2.75, 3.05) is 20.8 Å². The minimum absolute atomic E-state index is 0.0365. The van der Waals surface area contributed by atoms with Crippen LogP contribution in [0.25, 0.3) is 0 Å². The Morgan fingerprint density at radius 1 is 1.24 bits per heavy atom. The van der Waals surface area contributed by atoms with Crippen LogP contribution in [0.3, 0.4) is 0 Å². The molecule has 1 heterocycles. The van der Waals surface area contributed by atoms with E-state index in [2.05, 4.69) is 25.2 Å². The number of esters is 1. The highest BCUT2D eigenvalue weighted by Gasteiger charge is 2.51. The molecule has 4 rings (SSSR count). The molecule has 1 saturated heterocycles. The number of carbonyl (C=O) groups is 1. The number of fused-ring (bicyclic) bond motifs is 2. The zero-order valence-corrected chi connectivity index (χ0v) is 18.0. The van der Waals surface area contributed by atoms with Crippen molar-refractivity contribution in [1.29, 1.82) is 0 Å². The van der Waals surface area contributed by atoms with Crippen LogP contribution in [-0.4, -0.2) is 32.8 Å². The van der Waals surface area contributed by atoms with Gasteiger partial charge in [-0.1, -0.05) is 38.0 Å². The SMILES string of the molecule is COc1ccc(CNCC2C(=O)O[C@@H]3C[C@@]4(C)CCC[C@H](C)C4=C[C@H]23)cc1OC. The van der Waals surface area contributed by atoms with Crippen LogP contribution in [0.1, 0.15) is 45.1 Å². The van der Waals surface area contributed by atoms with Crippen LogP contribution in [0.15, 0.2) is 29.8 Å². The lowest BCUT2D eigenvalue weighted by Crippen LogP contribution is -2.40. The summed E-state index contributed by atoms with van der Waals surface area (Å²) in [7, 11) is 3.27.